The quantitative estimate of drug-likeness (QED) is 0.381. The van der Waals surface area contributed by atoms with Crippen molar-refractivity contribution in [3.63, 3.8) is 0 Å². The van der Waals surface area contributed by atoms with E-state index in [9.17, 15) is 9.59 Å². The van der Waals surface area contributed by atoms with Gasteiger partial charge in [0.1, 0.15) is 6.29 Å². The van der Waals surface area contributed by atoms with E-state index < -0.39 is 0 Å². The average molecular weight is 226 g/mol. The van der Waals surface area contributed by atoms with Crippen molar-refractivity contribution in [2.75, 3.05) is 6.61 Å². The minimum absolute atomic E-state index is 0.143. The van der Waals surface area contributed by atoms with E-state index in [1.165, 1.54) is 12.8 Å². The first-order valence-corrected chi connectivity index (χ1v) is 6.17. The van der Waals surface area contributed by atoms with Gasteiger partial charge in [0.15, 0.2) is 0 Å². The maximum absolute atomic E-state index is 11.6. The van der Waals surface area contributed by atoms with Crippen molar-refractivity contribution in [2.45, 2.75) is 46.5 Å². The summed E-state index contributed by atoms with van der Waals surface area (Å²) < 4.78 is 5.18. The monoisotopic (exact) mass is 226 g/mol. The van der Waals surface area contributed by atoms with Crippen LogP contribution >= 0.6 is 0 Å². The second kappa shape index (κ2) is 5.46. The summed E-state index contributed by atoms with van der Waals surface area (Å²) in [6, 6.07) is 0. The molecule has 0 N–H and O–H groups in total. The van der Waals surface area contributed by atoms with Crippen LogP contribution in [0.25, 0.3) is 0 Å². The predicted molar refractivity (Wildman–Crippen MR) is 61.9 cm³/mol. The number of hydrogen-bond donors (Lipinski definition) is 0. The lowest BCUT2D eigenvalue weighted by molar-refractivity contribution is -0.146. The van der Waals surface area contributed by atoms with Gasteiger partial charge in [-0.3, -0.25) is 4.79 Å². The Kier molecular flexibility index (Phi) is 4.51. The lowest BCUT2D eigenvalue weighted by Gasteiger charge is -2.05. The molecule has 1 fully saturated rings. The first-order chi connectivity index (χ1) is 7.55. The normalized spacial score (nSPS) is 26.2. The van der Waals surface area contributed by atoms with Crippen LogP contribution in [0.3, 0.4) is 0 Å². The molecule has 1 aliphatic carbocycles. The smallest absolute Gasteiger partial charge is 0.310 e. The summed E-state index contributed by atoms with van der Waals surface area (Å²) in [7, 11) is 0. The van der Waals surface area contributed by atoms with Crippen LogP contribution in [-0.2, 0) is 14.3 Å². The molecule has 0 saturated heterocycles. The lowest BCUT2D eigenvalue weighted by Crippen LogP contribution is -2.11. The Morgan fingerprint density at radius 2 is 2.00 bits per heavy atom. The molecule has 1 aliphatic rings. The SMILES string of the molecule is CCCCCCOC(=O)[C@H]1[C@H](C=O)C1(C)C. The van der Waals surface area contributed by atoms with Crippen LogP contribution < -0.4 is 0 Å². The van der Waals surface area contributed by atoms with E-state index in [0.29, 0.717) is 6.61 Å². The second-order valence-electron chi connectivity index (χ2n) is 5.19. The van der Waals surface area contributed by atoms with E-state index in [0.717, 1.165) is 19.1 Å². The average Bonchev–Trinajstić information content (AvgIpc) is 2.80. The first-order valence-electron chi connectivity index (χ1n) is 6.17. The summed E-state index contributed by atoms with van der Waals surface area (Å²) in [6.07, 6.45) is 5.27. The van der Waals surface area contributed by atoms with Gasteiger partial charge in [-0.15, -0.1) is 0 Å². The summed E-state index contributed by atoms with van der Waals surface area (Å²) in [4.78, 5) is 22.3. The molecular weight excluding hydrogens is 204 g/mol. The maximum atomic E-state index is 11.6. The van der Waals surface area contributed by atoms with Crippen LogP contribution in [0.2, 0.25) is 0 Å². The topological polar surface area (TPSA) is 43.4 Å². The lowest BCUT2D eigenvalue weighted by atomic mass is 10.1. The standard InChI is InChI=1S/C13H22O3/c1-4-5-6-7-8-16-12(15)11-10(9-14)13(11,2)3/h9-11H,4-8H2,1-3H3/t10-,11+/m0/s1. The molecule has 0 spiro atoms. The third-order valence-corrected chi connectivity index (χ3v) is 3.55. The first kappa shape index (κ1) is 13.2. The summed E-state index contributed by atoms with van der Waals surface area (Å²) in [6.45, 7) is 6.52. The Labute approximate surface area is 97.5 Å². The number of aldehydes is 1. The number of hydrogen-bond acceptors (Lipinski definition) is 3. The largest absolute Gasteiger partial charge is 0.465 e. The Bertz CT molecular complexity index is 258. The molecule has 0 bridgehead atoms. The van der Waals surface area contributed by atoms with Crippen molar-refractivity contribution >= 4 is 12.3 Å². The third-order valence-electron chi connectivity index (χ3n) is 3.55. The van der Waals surface area contributed by atoms with E-state index in [-0.39, 0.29) is 23.2 Å². The van der Waals surface area contributed by atoms with Gasteiger partial charge in [0.05, 0.1) is 12.5 Å². The van der Waals surface area contributed by atoms with Gasteiger partial charge in [-0.1, -0.05) is 40.0 Å². The molecular formula is C13H22O3. The summed E-state index contributed by atoms with van der Waals surface area (Å²) in [5, 5.41) is 0. The molecule has 0 unspecified atom stereocenters. The van der Waals surface area contributed by atoms with Crippen molar-refractivity contribution in [1.29, 1.82) is 0 Å². The highest BCUT2D eigenvalue weighted by Gasteiger charge is 2.62. The Hall–Kier alpha value is -0.860. The molecule has 1 saturated carbocycles. The highest BCUT2D eigenvalue weighted by atomic mass is 16.5. The van der Waals surface area contributed by atoms with Crippen molar-refractivity contribution in [3.05, 3.63) is 0 Å². The highest BCUT2D eigenvalue weighted by Crippen LogP contribution is 2.57. The molecule has 0 heterocycles. The molecule has 3 heteroatoms. The van der Waals surface area contributed by atoms with Gasteiger partial charge in [0.25, 0.3) is 0 Å². The minimum atomic E-state index is -0.212. The zero-order valence-corrected chi connectivity index (χ0v) is 10.5. The number of rotatable bonds is 7. The van der Waals surface area contributed by atoms with E-state index in [4.69, 9.17) is 4.74 Å². The molecule has 0 radical (unpaired) electrons. The molecule has 2 atom stereocenters. The fraction of sp³-hybridized carbons (Fsp3) is 0.846. The van der Waals surface area contributed by atoms with Gasteiger partial charge >= 0.3 is 5.97 Å². The molecule has 92 valence electrons. The zero-order chi connectivity index (χ0) is 12.2. The molecule has 0 amide bonds. The van der Waals surface area contributed by atoms with Crippen molar-refractivity contribution in [2.24, 2.45) is 17.3 Å². The molecule has 0 aromatic carbocycles. The van der Waals surface area contributed by atoms with Gasteiger partial charge in [-0.2, -0.15) is 0 Å². The number of unbranched alkanes of at least 4 members (excludes halogenated alkanes) is 3. The highest BCUT2D eigenvalue weighted by molar-refractivity contribution is 5.84. The van der Waals surface area contributed by atoms with Crippen LogP contribution in [-0.4, -0.2) is 18.9 Å². The molecule has 0 aromatic rings. The van der Waals surface area contributed by atoms with Crippen molar-refractivity contribution < 1.29 is 14.3 Å². The Morgan fingerprint density at radius 1 is 1.31 bits per heavy atom. The van der Waals surface area contributed by atoms with Gasteiger partial charge in [0.2, 0.25) is 0 Å². The van der Waals surface area contributed by atoms with E-state index in [1.54, 1.807) is 0 Å². The molecule has 1 rings (SSSR count). The van der Waals surface area contributed by atoms with Crippen LogP contribution in [0.1, 0.15) is 46.5 Å². The van der Waals surface area contributed by atoms with E-state index in [1.807, 2.05) is 13.8 Å². The maximum Gasteiger partial charge on any atom is 0.310 e. The predicted octanol–water partition coefficient (Wildman–Crippen LogP) is 2.58. The Balaban J connectivity index is 2.19. The number of carbonyl (C=O) groups excluding carboxylic acids is 2. The minimum Gasteiger partial charge on any atom is -0.465 e. The second-order valence-corrected chi connectivity index (χ2v) is 5.19. The molecule has 0 aliphatic heterocycles. The molecule has 0 aromatic heterocycles. The number of carbonyl (C=O) groups is 2. The van der Waals surface area contributed by atoms with Crippen LogP contribution in [0, 0.1) is 17.3 Å². The number of ether oxygens (including phenoxy) is 1. The zero-order valence-electron chi connectivity index (χ0n) is 10.5. The third kappa shape index (κ3) is 2.83. The number of esters is 1. The van der Waals surface area contributed by atoms with Gasteiger partial charge in [-0.05, 0) is 11.8 Å². The Morgan fingerprint density at radius 3 is 2.50 bits per heavy atom. The molecule has 3 nitrogen and oxygen atoms in total. The van der Waals surface area contributed by atoms with Gasteiger partial charge in [-0.25, -0.2) is 0 Å². The van der Waals surface area contributed by atoms with Crippen molar-refractivity contribution in [3.8, 4) is 0 Å². The molecule has 16 heavy (non-hydrogen) atoms. The van der Waals surface area contributed by atoms with Crippen LogP contribution in [0.4, 0.5) is 0 Å². The summed E-state index contributed by atoms with van der Waals surface area (Å²) >= 11 is 0. The van der Waals surface area contributed by atoms with Gasteiger partial charge < -0.3 is 9.53 Å². The fourth-order valence-electron chi connectivity index (χ4n) is 2.17. The van der Waals surface area contributed by atoms with Crippen molar-refractivity contribution in [1.82, 2.24) is 0 Å². The fourth-order valence-corrected chi connectivity index (χ4v) is 2.17. The van der Waals surface area contributed by atoms with E-state index >= 15 is 0 Å². The van der Waals surface area contributed by atoms with E-state index in [2.05, 4.69) is 6.92 Å². The van der Waals surface area contributed by atoms with Gasteiger partial charge in [0, 0.05) is 5.92 Å². The van der Waals surface area contributed by atoms with Crippen LogP contribution in [0.15, 0.2) is 0 Å². The van der Waals surface area contributed by atoms with Crippen LogP contribution in [0.5, 0.6) is 0 Å². The summed E-state index contributed by atoms with van der Waals surface area (Å²) in [5.41, 5.74) is -0.192. The summed E-state index contributed by atoms with van der Waals surface area (Å²) in [5.74, 6) is -0.551.